The molecular weight excluding hydrogens is 598 g/mol. The summed E-state index contributed by atoms with van der Waals surface area (Å²) in [5.41, 5.74) is 3.45. The Balaban J connectivity index is 1.58. The number of halogens is 2. The molecular formula is C25H21Br2N3O6. The van der Waals surface area contributed by atoms with E-state index in [-0.39, 0.29) is 12.3 Å². The summed E-state index contributed by atoms with van der Waals surface area (Å²) in [5.74, 6) is -0.430. The third-order valence-corrected chi connectivity index (χ3v) is 5.72. The molecule has 2 amide bonds. The van der Waals surface area contributed by atoms with Crippen molar-refractivity contribution >= 4 is 55.9 Å². The largest absolute Gasteiger partial charge is 0.493 e. The highest BCUT2D eigenvalue weighted by Crippen LogP contribution is 2.27. The fourth-order valence-corrected chi connectivity index (χ4v) is 3.55. The van der Waals surface area contributed by atoms with Crippen LogP contribution < -0.4 is 25.0 Å². The number of hydrogen-bond donors (Lipinski definition) is 2. The van der Waals surface area contributed by atoms with E-state index >= 15 is 0 Å². The van der Waals surface area contributed by atoms with Crippen molar-refractivity contribution in [2.45, 2.75) is 0 Å². The van der Waals surface area contributed by atoms with Crippen LogP contribution in [0.5, 0.6) is 17.2 Å². The minimum atomic E-state index is -0.552. The van der Waals surface area contributed by atoms with Gasteiger partial charge in [0.15, 0.2) is 11.5 Å². The maximum Gasteiger partial charge on any atom is 0.343 e. The number of amides is 2. The summed E-state index contributed by atoms with van der Waals surface area (Å²) >= 11 is 6.68. The highest BCUT2D eigenvalue weighted by Gasteiger charge is 2.13. The monoisotopic (exact) mass is 617 g/mol. The van der Waals surface area contributed by atoms with Crippen LogP contribution in [0.3, 0.4) is 0 Å². The van der Waals surface area contributed by atoms with Gasteiger partial charge in [-0.3, -0.25) is 9.59 Å². The van der Waals surface area contributed by atoms with E-state index in [1.807, 2.05) is 0 Å². The van der Waals surface area contributed by atoms with E-state index < -0.39 is 17.8 Å². The van der Waals surface area contributed by atoms with Crippen molar-refractivity contribution in [1.82, 2.24) is 10.7 Å². The number of benzene rings is 3. The standard InChI is InChI=1S/C25H21Br2N3O6/c1-34-21-9-5-16(12-22(21)35-2)24(32)28-14-23(31)30-29-13-17-11-19(27)8-10-20(17)36-25(33)15-3-6-18(26)7-4-15/h3-13H,14H2,1-2H3,(H,28,32)(H,30,31)/b29-13-. The highest BCUT2D eigenvalue weighted by atomic mass is 79.9. The van der Waals surface area contributed by atoms with Gasteiger partial charge in [-0.05, 0) is 60.7 Å². The van der Waals surface area contributed by atoms with Crippen molar-refractivity contribution in [2.75, 3.05) is 20.8 Å². The van der Waals surface area contributed by atoms with Gasteiger partial charge >= 0.3 is 5.97 Å². The molecule has 0 saturated carbocycles. The van der Waals surface area contributed by atoms with Crippen LogP contribution in [0.15, 0.2) is 74.7 Å². The Morgan fingerprint density at radius 1 is 0.833 bits per heavy atom. The molecule has 0 aliphatic rings. The SMILES string of the molecule is COc1ccc(C(=O)NCC(=O)N/N=C\c2cc(Br)ccc2OC(=O)c2ccc(Br)cc2)cc1OC. The fraction of sp³-hybridized carbons (Fsp3) is 0.120. The van der Waals surface area contributed by atoms with E-state index in [1.54, 1.807) is 54.6 Å². The van der Waals surface area contributed by atoms with Gasteiger partial charge in [-0.15, -0.1) is 0 Å². The van der Waals surface area contributed by atoms with Crippen molar-refractivity contribution in [3.8, 4) is 17.2 Å². The maximum absolute atomic E-state index is 12.5. The van der Waals surface area contributed by atoms with Gasteiger partial charge in [0.2, 0.25) is 0 Å². The molecule has 3 aromatic carbocycles. The minimum absolute atomic E-state index is 0.255. The summed E-state index contributed by atoms with van der Waals surface area (Å²) in [5, 5.41) is 6.41. The quantitative estimate of drug-likeness (QED) is 0.160. The predicted octanol–water partition coefficient (Wildman–Crippen LogP) is 4.33. The number of hydrogen-bond acceptors (Lipinski definition) is 7. The molecule has 0 aromatic heterocycles. The first-order chi connectivity index (χ1) is 17.3. The first kappa shape index (κ1) is 26.9. The van der Waals surface area contributed by atoms with Crippen molar-refractivity contribution in [2.24, 2.45) is 5.10 Å². The van der Waals surface area contributed by atoms with Crippen molar-refractivity contribution in [3.63, 3.8) is 0 Å². The molecule has 2 N–H and O–H groups in total. The van der Waals surface area contributed by atoms with Crippen molar-refractivity contribution < 1.29 is 28.6 Å². The molecule has 3 aromatic rings. The minimum Gasteiger partial charge on any atom is -0.493 e. The lowest BCUT2D eigenvalue weighted by Gasteiger charge is -2.10. The van der Waals surface area contributed by atoms with Crippen LogP contribution in [0.4, 0.5) is 0 Å². The molecule has 9 nitrogen and oxygen atoms in total. The van der Waals surface area contributed by atoms with Gasteiger partial charge in [0.05, 0.1) is 32.5 Å². The van der Waals surface area contributed by atoms with Crippen LogP contribution in [-0.4, -0.2) is 44.8 Å². The number of rotatable bonds is 9. The molecule has 0 atom stereocenters. The van der Waals surface area contributed by atoms with Gasteiger partial charge in [0.1, 0.15) is 5.75 Å². The molecule has 186 valence electrons. The molecule has 0 radical (unpaired) electrons. The van der Waals surface area contributed by atoms with Gasteiger partial charge < -0.3 is 19.5 Å². The van der Waals surface area contributed by atoms with Gasteiger partial charge in [-0.1, -0.05) is 31.9 Å². The Bertz CT molecular complexity index is 1300. The zero-order valence-electron chi connectivity index (χ0n) is 19.2. The van der Waals surface area contributed by atoms with E-state index in [4.69, 9.17) is 14.2 Å². The smallest absolute Gasteiger partial charge is 0.343 e. The number of methoxy groups -OCH3 is 2. The fourth-order valence-electron chi connectivity index (χ4n) is 2.91. The second-order valence-electron chi connectivity index (χ2n) is 7.12. The lowest BCUT2D eigenvalue weighted by molar-refractivity contribution is -0.120. The zero-order valence-corrected chi connectivity index (χ0v) is 22.4. The van der Waals surface area contributed by atoms with Gasteiger partial charge in [-0.2, -0.15) is 5.10 Å². The molecule has 0 fully saturated rings. The molecule has 0 bridgehead atoms. The summed E-state index contributed by atoms with van der Waals surface area (Å²) in [6.45, 7) is -0.311. The highest BCUT2D eigenvalue weighted by molar-refractivity contribution is 9.10. The average Bonchev–Trinajstić information content (AvgIpc) is 2.88. The van der Waals surface area contributed by atoms with Gasteiger partial charge in [0.25, 0.3) is 11.8 Å². The Labute approximate surface area is 224 Å². The Kier molecular flexibility index (Phi) is 9.60. The third-order valence-electron chi connectivity index (χ3n) is 4.70. The molecule has 3 rings (SSSR count). The Morgan fingerprint density at radius 3 is 2.17 bits per heavy atom. The van der Waals surface area contributed by atoms with E-state index in [0.29, 0.717) is 28.2 Å². The summed E-state index contributed by atoms with van der Waals surface area (Å²) in [6, 6.07) is 16.4. The van der Waals surface area contributed by atoms with Crippen LogP contribution in [0, 0.1) is 0 Å². The second kappa shape index (κ2) is 12.8. The Hall–Kier alpha value is -3.70. The molecule has 0 unspecified atom stereocenters. The topological polar surface area (TPSA) is 115 Å². The molecule has 0 heterocycles. The predicted molar refractivity (Wildman–Crippen MR) is 141 cm³/mol. The van der Waals surface area contributed by atoms with Crippen LogP contribution in [0.1, 0.15) is 26.3 Å². The van der Waals surface area contributed by atoms with Gasteiger partial charge in [-0.25, -0.2) is 10.2 Å². The Morgan fingerprint density at radius 2 is 1.47 bits per heavy atom. The lowest BCUT2D eigenvalue weighted by Crippen LogP contribution is -2.34. The molecule has 0 aliphatic carbocycles. The summed E-state index contributed by atoms with van der Waals surface area (Å²) in [7, 11) is 2.95. The number of carbonyl (C=O) groups is 3. The number of nitrogens with zero attached hydrogens (tertiary/aromatic N) is 1. The van der Waals surface area contributed by atoms with Crippen LogP contribution in [-0.2, 0) is 4.79 Å². The summed E-state index contributed by atoms with van der Waals surface area (Å²) < 4.78 is 17.4. The lowest BCUT2D eigenvalue weighted by atomic mass is 10.2. The molecule has 0 aliphatic heterocycles. The van der Waals surface area contributed by atoms with Gasteiger partial charge in [0, 0.05) is 20.1 Å². The summed E-state index contributed by atoms with van der Waals surface area (Å²) in [4.78, 5) is 37.0. The van der Waals surface area contributed by atoms with E-state index in [9.17, 15) is 14.4 Å². The van der Waals surface area contributed by atoms with E-state index in [0.717, 1.165) is 8.95 Å². The number of esters is 1. The van der Waals surface area contributed by atoms with E-state index in [1.165, 1.54) is 26.5 Å². The van der Waals surface area contributed by atoms with E-state index in [2.05, 4.69) is 47.7 Å². The van der Waals surface area contributed by atoms with Crippen molar-refractivity contribution in [3.05, 3.63) is 86.3 Å². The number of ether oxygens (including phenoxy) is 3. The normalized spacial score (nSPS) is 10.6. The van der Waals surface area contributed by atoms with Crippen LogP contribution in [0.2, 0.25) is 0 Å². The molecule has 0 spiro atoms. The van der Waals surface area contributed by atoms with Crippen LogP contribution >= 0.6 is 31.9 Å². The second-order valence-corrected chi connectivity index (χ2v) is 8.96. The first-order valence-corrected chi connectivity index (χ1v) is 12.0. The molecule has 11 heteroatoms. The van der Waals surface area contributed by atoms with Crippen LogP contribution in [0.25, 0.3) is 0 Å². The molecule has 36 heavy (non-hydrogen) atoms. The number of hydrazone groups is 1. The van der Waals surface area contributed by atoms with Crippen molar-refractivity contribution in [1.29, 1.82) is 0 Å². The molecule has 0 saturated heterocycles. The average molecular weight is 619 g/mol. The maximum atomic E-state index is 12.5. The third kappa shape index (κ3) is 7.40. The summed E-state index contributed by atoms with van der Waals surface area (Å²) in [6.07, 6.45) is 1.34. The first-order valence-electron chi connectivity index (χ1n) is 10.4. The zero-order chi connectivity index (χ0) is 26.1. The number of carbonyl (C=O) groups excluding carboxylic acids is 3. The number of nitrogens with one attached hydrogen (secondary N) is 2.